The molecule has 4 bridgehead atoms. The summed E-state index contributed by atoms with van der Waals surface area (Å²) in [5.41, 5.74) is 0.607. The van der Waals surface area contributed by atoms with Crippen LogP contribution < -0.4 is 0 Å². The smallest absolute Gasteiger partial charge is 0.153 e. The maximum atomic E-state index is 12.8. The van der Waals surface area contributed by atoms with E-state index in [0.717, 1.165) is 45.0 Å². The molecule has 4 saturated heterocycles. The molecule has 0 amide bonds. The average Bonchev–Trinajstić information content (AvgIpc) is 2.65. The van der Waals surface area contributed by atoms with E-state index in [1.807, 2.05) is 24.4 Å². The van der Waals surface area contributed by atoms with Crippen molar-refractivity contribution in [3.63, 3.8) is 0 Å². The van der Waals surface area contributed by atoms with E-state index in [2.05, 4.69) is 14.8 Å². The van der Waals surface area contributed by atoms with E-state index in [-0.39, 0.29) is 11.3 Å². The summed E-state index contributed by atoms with van der Waals surface area (Å²) in [4.78, 5) is 22.1. The SMILES string of the molecule is O=C1C2CN3CCN(C2)CC1(c1ccccn1)C3. The van der Waals surface area contributed by atoms with Crippen molar-refractivity contribution in [3.8, 4) is 0 Å². The van der Waals surface area contributed by atoms with Crippen molar-refractivity contribution < 1.29 is 4.79 Å². The van der Waals surface area contributed by atoms with Crippen LogP contribution in [0.1, 0.15) is 5.69 Å². The maximum Gasteiger partial charge on any atom is 0.153 e. The number of ketones is 1. The molecular formula is C14H17N3O. The van der Waals surface area contributed by atoms with Crippen LogP contribution in [0.4, 0.5) is 0 Å². The van der Waals surface area contributed by atoms with Crippen molar-refractivity contribution in [2.45, 2.75) is 5.41 Å². The van der Waals surface area contributed by atoms with E-state index < -0.39 is 0 Å². The molecule has 2 unspecified atom stereocenters. The molecule has 0 aromatic carbocycles. The lowest BCUT2D eigenvalue weighted by molar-refractivity contribution is -0.137. The standard InChI is InChI=1S/C14H17N3O/c18-13-11-7-16-5-6-17(8-11)10-14(13,9-16)12-3-1-2-4-15-12/h1-4,11H,5-10H2. The second kappa shape index (κ2) is 3.62. The van der Waals surface area contributed by atoms with Gasteiger partial charge >= 0.3 is 0 Å². The fraction of sp³-hybridized carbons (Fsp3) is 0.571. The highest BCUT2D eigenvalue weighted by Crippen LogP contribution is 2.39. The summed E-state index contributed by atoms with van der Waals surface area (Å²) in [5.74, 6) is 0.618. The predicted octanol–water partition coefficient (Wildman–Crippen LogP) is 0.149. The van der Waals surface area contributed by atoms with Crippen molar-refractivity contribution in [2.24, 2.45) is 5.92 Å². The van der Waals surface area contributed by atoms with Gasteiger partial charge in [0.15, 0.2) is 5.78 Å². The van der Waals surface area contributed by atoms with Gasteiger partial charge in [-0.05, 0) is 12.1 Å². The van der Waals surface area contributed by atoms with E-state index in [1.54, 1.807) is 0 Å². The van der Waals surface area contributed by atoms with E-state index in [9.17, 15) is 4.79 Å². The molecule has 4 aliphatic heterocycles. The molecule has 4 aliphatic rings. The minimum Gasteiger partial charge on any atom is -0.300 e. The molecular weight excluding hydrogens is 226 g/mol. The molecule has 4 nitrogen and oxygen atoms in total. The van der Waals surface area contributed by atoms with Crippen LogP contribution in [0.25, 0.3) is 0 Å². The second-order valence-corrected chi connectivity index (χ2v) is 5.83. The van der Waals surface area contributed by atoms with Crippen LogP contribution in [0, 0.1) is 5.92 Å². The summed E-state index contributed by atoms with van der Waals surface area (Å²) in [6.45, 7) is 5.80. The molecule has 5 rings (SSSR count). The number of nitrogens with zero attached hydrogens (tertiary/aromatic N) is 3. The number of hydrogen-bond donors (Lipinski definition) is 0. The lowest BCUT2D eigenvalue weighted by Crippen LogP contribution is -2.64. The molecule has 4 fully saturated rings. The first kappa shape index (κ1) is 10.6. The summed E-state index contributed by atoms with van der Waals surface area (Å²) in [7, 11) is 0. The number of aromatic nitrogens is 1. The molecule has 1 aromatic heterocycles. The van der Waals surface area contributed by atoms with Crippen LogP contribution in [-0.4, -0.2) is 59.8 Å². The Morgan fingerprint density at radius 3 is 2.50 bits per heavy atom. The van der Waals surface area contributed by atoms with Crippen molar-refractivity contribution in [2.75, 3.05) is 39.3 Å². The van der Waals surface area contributed by atoms with Crippen molar-refractivity contribution in [1.29, 1.82) is 0 Å². The number of fused-ring (bicyclic) bond motifs is 1. The zero-order chi connectivity index (χ0) is 12.2. The van der Waals surface area contributed by atoms with Gasteiger partial charge in [-0.15, -0.1) is 0 Å². The topological polar surface area (TPSA) is 36.4 Å². The normalized spacial score (nSPS) is 42.0. The summed E-state index contributed by atoms with van der Waals surface area (Å²) in [6.07, 6.45) is 1.81. The zero-order valence-electron chi connectivity index (χ0n) is 10.4. The average molecular weight is 243 g/mol. The van der Waals surface area contributed by atoms with Crippen LogP contribution in [0.5, 0.6) is 0 Å². The summed E-state index contributed by atoms with van der Waals surface area (Å²) >= 11 is 0. The highest BCUT2D eigenvalue weighted by molar-refractivity contribution is 5.94. The van der Waals surface area contributed by atoms with E-state index >= 15 is 0 Å². The molecule has 2 atom stereocenters. The Bertz CT molecular complexity index is 471. The Kier molecular flexibility index (Phi) is 2.14. The number of Topliss-reactive ketones (excluding diaryl/α,β-unsaturated/α-hetero) is 1. The van der Waals surface area contributed by atoms with Gasteiger partial charge < -0.3 is 0 Å². The van der Waals surface area contributed by atoms with Crippen molar-refractivity contribution in [1.82, 2.24) is 14.8 Å². The van der Waals surface area contributed by atoms with Crippen molar-refractivity contribution >= 4 is 5.78 Å². The zero-order valence-corrected chi connectivity index (χ0v) is 10.4. The molecule has 5 heterocycles. The van der Waals surface area contributed by atoms with Crippen LogP contribution in [0.2, 0.25) is 0 Å². The van der Waals surface area contributed by atoms with Gasteiger partial charge in [0.1, 0.15) is 0 Å². The third kappa shape index (κ3) is 1.33. The number of pyridine rings is 1. The monoisotopic (exact) mass is 243 g/mol. The number of rotatable bonds is 1. The van der Waals surface area contributed by atoms with Gasteiger partial charge in [0.25, 0.3) is 0 Å². The highest BCUT2D eigenvalue weighted by atomic mass is 16.1. The number of carbonyl (C=O) groups is 1. The minimum absolute atomic E-state index is 0.192. The van der Waals surface area contributed by atoms with Gasteiger partial charge in [-0.25, -0.2) is 0 Å². The summed E-state index contributed by atoms with van der Waals surface area (Å²) in [5, 5.41) is 0. The minimum atomic E-state index is -0.362. The highest BCUT2D eigenvalue weighted by Gasteiger charge is 2.55. The van der Waals surface area contributed by atoms with Gasteiger partial charge in [0.05, 0.1) is 11.1 Å². The van der Waals surface area contributed by atoms with E-state index in [0.29, 0.717) is 5.78 Å². The summed E-state index contributed by atoms with van der Waals surface area (Å²) in [6, 6.07) is 5.94. The molecule has 0 spiro atoms. The third-order valence-corrected chi connectivity index (χ3v) is 4.67. The van der Waals surface area contributed by atoms with Gasteiger partial charge in [0, 0.05) is 51.4 Å². The lowest BCUT2D eigenvalue weighted by atomic mass is 9.69. The first-order valence-corrected chi connectivity index (χ1v) is 6.68. The Hall–Kier alpha value is -1.26. The molecule has 0 N–H and O–H groups in total. The van der Waals surface area contributed by atoms with E-state index in [1.165, 1.54) is 0 Å². The Balaban J connectivity index is 1.85. The predicted molar refractivity (Wildman–Crippen MR) is 67.3 cm³/mol. The molecule has 0 aliphatic carbocycles. The molecule has 94 valence electrons. The first-order valence-electron chi connectivity index (χ1n) is 6.68. The number of hydrogen-bond acceptors (Lipinski definition) is 4. The largest absolute Gasteiger partial charge is 0.300 e. The molecule has 18 heavy (non-hydrogen) atoms. The third-order valence-electron chi connectivity index (χ3n) is 4.67. The van der Waals surface area contributed by atoms with Crippen LogP contribution in [0.15, 0.2) is 24.4 Å². The molecule has 0 radical (unpaired) electrons. The lowest BCUT2D eigenvalue weighted by Gasteiger charge is -2.47. The van der Waals surface area contributed by atoms with Gasteiger partial charge in [-0.1, -0.05) is 6.07 Å². The molecule has 1 aromatic rings. The Labute approximate surface area is 107 Å². The Morgan fingerprint density at radius 1 is 1.17 bits per heavy atom. The van der Waals surface area contributed by atoms with Crippen LogP contribution in [0.3, 0.4) is 0 Å². The van der Waals surface area contributed by atoms with Gasteiger partial charge in [0.2, 0.25) is 0 Å². The Morgan fingerprint density at radius 2 is 1.89 bits per heavy atom. The summed E-state index contributed by atoms with van der Waals surface area (Å²) < 4.78 is 0. The quantitative estimate of drug-likeness (QED) is 0.703. The van der Waals surface area contributed by atoms with Crippen LogP contribution in [-0.2, 0) is 10.2 Å². The first-order chi connectivity index (χ1) is 8.78. The fourth-order valence-electron chi connectivity index (χ4n) is 3.89. The molecule has 0 saturated carbocycles. The van der Waals surface area contributed by atoms with Gasteiger partial charge in [-0.2, -0.15) is 0 Å². The number of piperidine rings is 2. The molecule has 4 heteroatoms. The number of carbonyl (C=O) groups excluding carboxylic acids is 1. The van der Waals surface area contributed by atoms with Gasteiger partial charge in [-0.3, -0.25) is 19.6 Å². The second-order valence-electron chi connectivity index (χ2n) is 5.83. The fourth-order valence-corrected chi connectivity index (χ4v) is 3.89. The van der Waals surface area contributed by atoms with E-state index in [4.69, 9.17) is 0 Å². The van der Waals surface area contributed by atoms with Crippen LogP contribution >= 0.6 is 0 Å². The van der Waals surface area contributed by atoms with Crippen molar-refractivity contribution in [3.05, 3.63) is 30.1 Å². The maximum absolute atomic E-state index is 12.8.